The van der Waals surface area contributed by atoms with E-state index in [9.17, 15) is 9.59 Å². The van der Waals surface area contributed by atoms with Crippen molar-refractivity contribution < 1.29 is 14.0 Å². The van der Waals surface area contributed by atoms with E-state index in [2.05, 4.69) is 26.1 Å². The molecule has 144 valence electrons. The summed E-state index contributed by atoms with van der Waals surface area (Å²) in [6.07, 6.45) is 0. The molecular weight excluding hydrogens is 434 g/mol. The maximum atomic E-state index is 12.2. The molecule has 0 saturated carbocycles. The maximum absolute atomic E-state index is 12.2. The second kappa shape index (κ2) is 8.35. The van der Waals surface area contributed by atoms with E-state index in [4.69, 9.17) is 16.0 Å². The van der Waals surface area contributed by atoms with Crippen LogP contribution in [0.15, 0.2) is 39.4 Å². The van der Waals surface area contributed by atoms with Crippen LogP contribution in [0, 0.1) is 5.92 Å². The van der Waals surface area contributed by atoms with Crippen LogP contribution in [0.5, 0.6) is 0 Å². The normalized spacial score (nSPS) is 14.6. The highest BCUT2D eigenvalue weighted by Crippen LogP contribution is 2.30. The zero-order valence-electron chi connectivity index (χ0n) is 15.2. The third-order valence-electron chi connectivity index (χ3n) is 4.43. The van der Waals surface area contributed by atoms with Gasteiger partial charge in [-0.2, -0.15) is 0 Å². The van der Waals surface area contributed by atoms with Crippen LogP contribution in [-0.2, 0) is 4.79 Å². The number of halogens is 2. The van der Waals surface area contributed by atoms with E-state index in [1.165, 1.54) is 0 Å². The number of anilines is 2. The van der Waals surface area contributed by atoms with Gasteiger partial charge in [-0.3, -0.25) is 9.59 Å². The Kier molecular flexibility index (Phi) is 6.11. The Morgan fingerprint density at radius 2 is 1.85 bits per heavy atom. The highest BCUT2D eigenvalue weighted by Gasteiger charge is 2.24. The Morgan fingerprint density at radius 3 is 2.41 bits per heavy atom. The molecule has 1 fully saturated rings. The summed E-state index contributed by atoms with van der Waals surface area (Å²) < 4.78 is 5.74. The van der Waals surface area contributed by atoms with Crippen molar-refractivity contribution in [3.63, 3.8) is 0 Å². The number of carbonyl (C=O) groups excluding carboxylic acids is 2. The molecule has 2 aromatic rings. The number of hydrogen-bond acceptors (Lipinski definition) is 4. The average Bonchev–Trinajstić information content (AvgIpc) is 3.08. The van der Waals surface area contributed by atoms with Gasteiger partial charge in [-0.05, 0) is 46.3 Å². The van der Waals surface area contributed by atoms with Gasteiger partial charge in [0.05, 0.1) is 10.7 Å². The van der Waals surface area contributed by atoms with Gasteiger partial charge in [0, 0.05) is 37.8 Å². The first-order valence-electron chi connectivity index (χ1n) is 8.75. The minimum Gasteiger partial charge on any atom is -0.444 e. The fraction of sp³-hybridized carbons (Fsp3) is 0.368. The maximum Gasteiger partial charge on any atom is 0.291 e. The standard InChI is InChI=1S/C19H21BrClN3O3/c1-12(2)19(26)24-9-7-23(8-10-24)15-4-3-13(11-14(15)21)22-18(25)16-5-6-17(20)27-16/h3-6,11-12H,7-10H2,1-2H3,(H,22,25). The molecule has 0 spiro atoms. The van der Waals surface area contributed by atoms with Crippen LogP contribution in [0.3, 0.4) is 0 Å². The van der Waals surface area contributed by atoms with Crippen LogP contribution in [0.2, 0.25) is 5.02 Å². The van der Waals surface area contributed by atoms with Gasteiger partial charge in [0.1, 0.15) is 0 Å². The van der Waals surface area contributed by atoms with Gasteiger partial charge in [-0.1, -0.05) is 25.4 Å². The molecule has 0 atom stereocenters. The van der Waals surface area contributed by atoms with E-state index >= 15 is 0 Å². The first kappa shape index (κ1) is 19.8. The molecule has 6 nitrogen and oxygen atoms in total. The summed E-state index contributed by atoms with van der Waals surface area (Å²) in [5.41, 5.74) is 1.49. The third-order valence-corrected chi connectivity index (χ3v) is 5.16. The molecule has 8 heteroatoms. The molecular formula is C19H21BrClN3O3. The zero-order chi connectivity index (χ0) is 19.6. The lowest BCUT2D eigenvalue weighted by Gasteiger charge is -2.37. The lowest BCUT2D eigenvalue weighted by Crippen LogP contribution is -2.50. The van der Waals surface area contributed by atoms with Gasteiger partial charge in [0.15, 0.2) is 10.4 Å². The fourth-order valence-electron chi connectivity index (χ4n) is 3.00. The van der Waals surface area contributed by atoms with Gasteiger partial charge in [0.25, 0.3) is 5.91 Å². The van der Waals surface area contributed by atoms with E-state index in [0.29, 0.717) is 28.5 Å². The number of benzene rings is 1. The lowest BCUT2D eigenvalue weighted by molar-refractivity contribution is -0.134. The van der Waals surface area contributed by atoms with E-state index in [1.54, 1.807) is 18.2 Å². The largest absolute Gasteiger partial charge is 0.444 e. The highest BCUT2D eigenvalue weighted by atomic mass is 79.9. The fourth-order valence-corrected chi connectivity index (χ4v) is 3.61. The van der Waals surface area contributed by atoms with Crippen molar-refractivity contribution in [2.24, 2.45) is 5.92 Å². The molecule has 1 N–H and O–H groups in total. The predicted octanol–water partition coefficient (Wildman–Crippen LogP) is 4.25. The number of carbonyl (C=O) groups is 2. The summed E-state index contributed by atoms with van der Waals surface area (Å²) in [4.78, 5) is 28.3. The van der Waals surface area contributed by atoms with E-state index in [-0.39, 0.29) is 23.5 Å². The molecule has 0 radical (unpaired) electrons. The first-order valence-corrected chi connectivity index (χ1v) is 9.92. The van der Waals surface area contributed by atoms with Crippen molar-refractivity contribution >= 4 is 50.7 Å². The van der Waals surface area contributed by atoms with Crippen LogP contribution in [0.1, 0.15) is 24.4 Å². The molecule has 0 aliphatic carbocycles. The molecule has 3 rings (SSSR count). The van der Waals surface area contributed by atoms with E-state index in [0.717, 1.165) is 18.8 Å². The molecule has 2 heterocycles. The summed E-state index contributed by atoms with van der Waals surface area (Å²) in [6.45, 7) is 6.65. The quantitative estimate of drug-likeness (QED) is 0.750. The Morgan fingerprint density at radius 1 is 1.15 bits per heavy atom. The van der Waals surface area contributed by atoms with Gasteiger partial charge < -0.3 is 19.5 Å². The number of rotatable bonds is 4. The Labute approximate surface area is 171 Å². The second-order valence-corrected chi connectivity index (χ2v) is 7.88. The van der Waals surface area contributed by atoms with Crippen molar-refractivity contribution in [2.75, 3.05) is 36.4 Å². The first-order chi connectivity index (χ1) is 12.8. The molecule has 1 aromatic carbocycles. The smallest absolute Gasteiger partial charge is 0.291 e. The van der Waals surface area contributed by atoms with Crippen LogP contribution < -0.4 is 10.2 Å². The van der Waals surface area contributed by atoms with Crippen LogP contribution in [0.25, 0.3) is 0 Å². The molecule has 27 heavy (non-hydrogen) atoms. The number of nitrogens with zero attached hydrogens (tertiary/aromatic N) is 2. The summed E-state index contributed by atoms with van der Waals surface area (Å²) in [5.74, 6) is 0.0690. The topological polar surface area (TPSA) is 65.8 Å². The van der Waals surface area contributed by atoms with Crippen molar-refractivity contribution in [3.8, 4) is 0 Å². The molecule has 2 amide bonds. The SMILES string of the molecule is CC(C)C(=O)N1CCN(c2ccc(NC(=O)c3ccc(Br)o3)cc2Cl)CC1. The van der Waals surface area contributed by atoms with Crippen LogP contribution >= 0.6 is 27.5 Å². The van der Waals surface area contributed by atoms with Gasteiger partial charge in [-0.25, -0.2) is 0 Å². The summed E-state index contributed by atoms with van der Waals surface area (Å²) in [5, 5.41) is 3.32. The molecule has 1 saturated heterocycles. The summed E-state index contributed by atoms with van der Waals surface area (Å²) in [6, 6.07) is 8.67. The third kappa shape index (κ3) is 4.65. The average molecular weight is 455 g/mol. The lowest BCUT2D eigenvalue weighted by atomic mass is 10.1. The van der Waals surface area contributed by atoms with Crippen molar-refractivity contribution in [3.05, 3.63) is 45.8 Å². The Bertz CT molecular complexity index is 844. The molecule has 0 unspecified atom stereocenters. The van der Waals surface area contributed by atoms with Crippen LogP contribution in [-0.4, -0.2) is 42.9 Å². The van der Waals surface area contributed by atoms with Crippen molar-refractivity contribution in [1.29, 1.82) is 0 Å². The van der Waals surface area contributed by atoms with E-state index in [1.807, 2.05) is 30.9 Å². The Balaban J connectivity index is 1.63. The summed E-state index contributed by atoms with van der Waals surface area (Å²) >= 11 is 9.62. The van der Waals surface area contributed by atoms with Gasteiger partial charge >= 0.3 is 0 Å². The van der Waals surface area contributed by atoms with Gasteiger partial charge in [0.2, 0.25) is 5.91 Å². The monoisotopic (exact) mass is 453 g/mol. The number of piperazine rings is 1. The predicted molar refractivity (Wildman–Crippen MR) is 109 cm³/mol. The number of furan rings is 1. The Hall–Kier alpha value is -1.99. The number of nitrogens with one attached hydrogen (secondary N) is 1. The minimum atomic E-state index is -0.342. The van der Waals surface area contributed by atoms with Gasteiger partial charge in [-0.15, -0.1) is 0 Å². The molecule has 1 aromatic heterocycles. The number of hydrogen-bond donors (Lipinski definition) is 1. The number of amides is 2. The van der Waals surface area contributed by atoms with Crippen molar-refractivity contribution in [2.45, 2.75) is 13.8 Å². The second-order valence-electron chi connectivity index (χ2n) is 6.69. The molecule has 1 aliphatic heterocycles. The minimum absolute atomic E-state index is 0.0119. The zero-order valence-corrected chi connectivity index (χ0v) is 17.5. The molecule has 0 bridgehead atoms. The van der Waals surface area contributed by atoms with E-state index < -0.39 is 0 Å². The highest BCUT2D eigenvalue weighted by molar-refractivity contribution is 9.10. The van der Waals surface area contributed by atoms with Crippen LogP contribution in [0.4, 0.5) is 11.4 Å². The van der Waals surface area contributed by atoms with Crippen molar-refractivity contribution in [1.82, 2.24) is 4.90 Å². The molecule has 1 aliphatic rings. The summed E-state index contributed by atoms with van der Waals surface area (Å²) in [7, 11) is 0.